The summed E-state index contributed by atoms with van der Waals surface area (Å²) in [6.07, 6.45) is 1.32. The second-order valence-electron chi connectivity index (χ2n) is 4.91. The molecule has 4 nitrogen and oxygen atoms in total. The number of methoxy groups -OCH3 is 1. The largest absolute Gasteiger partial charge is 0.382 e. The van der Waals surface area contributed by atoms with Crippen LogP contribution >= 0.6 is 15.9 Å². The second-order valence-corrected chi connectivity index (χ2v) is 5.83. The minimum absolute atomic E-state index is 0.00498. The first-order valence-electron chi connectivity index (χ1n) is 6.82. The van der Waals surface area contributed by atoms with Crippen LogP contribution in [-0.2, 0) is 20.7 Å². The predicted octanol–water partition coefficient (Wildman–Crippen LogP) is 2.26. The highest BCUT2D eigenvalue weighted by molar-refractivity contribution is 9.10. The Balaban J connectivity index is 1.80. The lowest BCUT2D eigenvalue weighted by atomic mass is 10.1. The molecule has 0 radical (unpaired) electrons. The number of amides is 1. The van der Waals surface area contributed by atoms with Gasteiger partial charge in [0.2, 0.25) is 5.91 Å². The molecule has 20 heavy (non-hydrogen) atoms. The van der Waals surface area contributed by atoms with Crippen molar-refractivity contribution in [2.45, 2.75) is 18.9 Å². The van der Waals surface area contributed by atoms with Crippen molar-refractivity contribution in [1.29, 1.82) is 0 Å². The maximum Gasteiger partial charge on any atom is 0.223 e. The zero-order chi connectivity index (χ0) is 14.4. The van der Waals surface area contributed by atoms with E-state index in [9.17, 15) is 4.79 Å². The standard InChI is InChI=1S/C15H20BrNO3/c1-19-11-14-10-17(8-9-20-14)15(18)7-4-12-2-5-13(16)6-3-12/h2-3,5-6,14H,4,7-11H2,1H3/t14-/m0/s1. The van der Waals surface area contributed by atoms with Crippen LogP contribution in [0.1, 0.15) is 12.0 Å². The highest BCUT2D eigenvalue weighted by Gasteiger charge is 2.23. The van der Waals surface area contributed by atoms with Crippen LogP contribution in [-0.4, -0.2) is 50.3 Å². The molecule has 0 N–H and O–H groups in total. The van der Waals surface area contributed by atoms with E-state index in [1.807, 2.05) is 29.2 Å². The molecule has 0 aliphatic carbocycles. The zero-order valence-corrected chi connectivity index (χ0v) is 13.3. The summed E-state index contributed by atoms with van der Waals surface area (Å²) in [6, 6.07) is 8.10. The molecule has 1 aromatic carbocycles. The lowest BCUT2D eigenvalue weighted by Crippen LogP contribution is -2.47. The molecule has 1 saturated heterocycles. The van der Waals surface area contributed by atoms with Gasteiger partial charge in [0.25, 0.3) is 0 Å². The number of hydrogen-bond donors (Lipinski definition) is 0. The summed E-state index contributed by atoms with van der Waals surface area (Å²) >= 11 is 3.41. The third-order valence-corrected chi connectivity index (χ3v) is 3.91. The van der Waals surface area contributed by atoms with E-state index in [-0.39, 0.29) is 12.0 Å². The van der Waals surface area contributed by atoms with Gasteiger partial charge in [0.15, 0.2) is 0 Å². The van der Waals surface area contributed by atoms with Gasteiger partial charge in [-0.1, -0.05) is 28.1 Å². The highest BCUT2D eigenvalue weighted by Crippen LogP contribution is 2.13. The van der Waals surface area contributed by atoms with Crippen molar-refractivity contribution in [3.05, 3.63) is 34.3 Å². The third-order valence-electron chi connectivity index (χ3n) is 3.38. The molecular weight excluding hydrogens is 322 g/mol. The van der Waals surface area contributed by atoms with Crippen molar-refractivity contribution in [2.24, 2.45) is 0 Å². The quantitative estimate of drug-likeness (QED) is 0.824. The average Bonchev–Trinajstić information content (AvgIpc) is 2.47. The van der Waals surface area contributed by atoms with Crippen LogP contribution < -0.4 is 0 Å². The number of benzene rings is 1. The first kappa shape index (κ1) is 15.5. The number of nitrogens with zero attached hydrogens (tertiary/aromatic N) is 1. The molecule has 0 aromatic heterocycles. The maximum absolute atomic E-state index is 12.2. The molecule has 1 aliphatic heterocycles. The van der Waals surface area contributed by atoms with Crippen LogP contribution in [0.15, 0.2) is 28.7 Å². The Bertz CT molecular complexity index is 433. The van der Waals surface area contributed by atoms with Gasteiger partial charge < -0.3 is 14.4 Å². The number of halogens is 1. The molecule has 5 heteroatoms. The lowest BCUT2D eigenvalue weighted by molar-refractivity contribution is -0.140. The van der Waals surface area contributed by atoms with E-state index in [1.165, 1.54) is 5.56 Å². The first-order chi connectivity index (χ1) is 9.69. The summed E-state index contributed by atoms with van der Waals surface area (Å²) in [6.45, 7) is 2.45. The van der Waals surface area contributed by atoms with Gasteiger partial charge in [-0.25, -0.2) is 0 Å². The zero-order valence-electron chi connectivity index (χ0n) is 11.7. The van der Waals surface area contributed by atoms with Gasteiger partial charge in [-0.05, 0) is 24.1 Å². The molecule has 110 valence electrons. The molecule has 2 rings (SSSR count). The van der Waals surface area contributed by atoms with Crippen molar-refractivity contribution in [1.82, 2.24) is 4.90 Å². The van der Waals surface area contributed by atoms with Gasteiger partial charge in [-0.3, -0.25) is 4.79 Å². The number of hydrogen-bond acceptors (Lipinski definition) is 3. The normalized spacial score (nSPS) is 19.1. The van der Waals surface area contributed by atoms with Crippen LogP contribution in [0.5, 0.6) is 0 Å². The van der Waals surface area contributed by atoms with Crippen molar-refractivity contribution < 1.29 is 14.3 Å². The number of aryl methyl sites for hydroxylation is 1. The number of morpholine rings is 1. The summed E-state index contributed by atoms with van der Waals surface area (Å²) in [5.74, 6) is 0.192. The summed E-state index contributed by atoms with van der Waals surface area (Å²) < 4.78 is 11.7. The van der Waals surface area contributed by atoms with Crippen LogP contribution in [0.25, 0.3) is 0 Å². The van der Waals surface area contributed by atoms with Crippen molar-refractivity contribution in [3.63, 3.8) is 0 Å². The predicted molar refractivity (Wildman–Crippen MR) is 80.7 cm³/mol. The molecule has 1 aromatic rings. The van der Waals surface area contributed by atoms with Gasteiger partial charge >= 0.3 is 0 Å². The number of carbonyl (C=O) groups is 1. The summed E-state index contributed by atoms with van der Waals surface area (Å²) in [5, 5.41) is 0. The fourth-order valence-corrected chi connectivity index (χ4v) is 2.56. The number of carbonyl (C=O) groups excluding carboxylic acids is 1. The monoisotopic (exact) mass is 341 g/mol. The molecule has 0 saturated carbocycles. The lowest BCUT2D eigenvalue weighted by Gasteiger charge is -2.32. The molecule has 1 fully saturated rings. The molecule has 0 unspecified atom stereocenters. The van der Waals surface area contributed by atoms with Gasteiger partial charge in [-0.2, -0.15) is 0 Å². The second kappa shape index (κ2) is 7.76. The van der Waals surface area contributed by atoms with Crippen molar-refractivity contribution in [3.8, 4) is 0 Å². The van der Waals surface area contributed by atoms with Gasteiger partial charge in [0.05, 0.1) is 19.3 Å². The van der Waals surface area contributed by atoms with E-state index in [1.54, 1.807) is 7.11 Å². The van der Waals surface area contributed by atoms with E-state index >= 15 is 0 Å². The fraction of sp³-hybridized carbons (Fsp3) is 0.533. The third kappa shape index (κ3) is 4.58. The van der Waals surface area contributed by atoms with Gasteiger partial charge in [0.1, 0.15) is 0 Å². The number of rotatable bonds is 5. The Hall–Kier alpha value is -0.910. The Kier molecular flexibility index (Phi) is 6.01. The minimum Gasteiger partial charge on any atom is -0.382 e. The maximum atomic E-state index is 12.2. The Morgan fingerprint density at radius 1 is 1.45 bits per heavy atom. The minimum atomic E-state index is 0.00498. The molecule has 1 atom stereocenters. The van der Waals surface area contributed by atoms with Crippen LogP contribution in [0.3, 0.4) is 0 Å². The number of ether oxygens (including phenoxy) is 2. The van der Waals surface area contributed by atoms with Gasteiger partial charge in [0, 0.05) is 31.1 Å². The van der Waals surface area contributed by atoms with Crippen LogP contribution in [0, 0.1) is 0 Å². The molecule has 1 aliphatic rings. The fourth-order valence-electron chi connectivity index (χ4n) is 2.29. The summed E-state index contributed by atoms with van der Waals surface area (Å²) in [5.41, 5.74) is 1.18. The van der Waals surface area contributed by atoms with Crippen molar-refractivity contribution in [2.75, 3.05) is 33.4 Å². The summed E-state index contributed by atoms with van der Waals surface area (Å²) in [7, 11) is 1.65. The smallest absolute Gasteiger partial charge is 0.223 e. The van der Waals surface area contributed by atoms with E-state index < -0.39 is 0 Å². The van der Waals surface area contributed by atoms with Gasteiger partial charge in [-0.15, -0.1) is 0 Å². The van der Waals surface area contributed by atoms with E-state index in [0.717, 1.165) is 10.9 Å². The van der Waals surface area contributed by atoms with Crippen LogP contribution in [0.4, 0.5) is 0 Å². The Morgan fingerprint density at radius 3 is 2.90 bits per heavy atom. The van der Waals surface area contributed by atoms with E-state index in [2.05, 4.69) is 15.9 Å². The molecule has 1 amide bonds. The molecule has 0 spiro atoms. The SMILES string of the molecule is COC[C@@H]1CN(C(=O)CCc2ccc(Br)cc2)CCO1. The molecular formula is C15H20BrNO3. The molecule has 0 bridgehead atoms. The van der Waals surface area contributed by atoms with Crippen molar-refractivity contribution >= 4 is 21.8 Å². The topological polar surface area (TPSA) is 38.8 Å². The van der Waals surface area contributed by atoms with E-state index in [0.29, 0.717) is 32.7 Å². The Labute approximate surface area is 128 Å². The Morgan fingerprint density at radius 2 is 2.20 bits per heavy atom. The van der Waals surface area contributed by atoms with Crippen LogP contribution in [0.2, 0.25) is 0 Å². The van der Waals surface area contributed by atoms with E-state index in [4.69, 9.17) is 9.47 Å². The summed E-state index contributed by atoms with van der Waals surface area (Å²) in [4.78, 5) is 14.1. The molecule has 1 heterocycles. The average molecular weight is 342 g/mol. The first-order valence-corrected chi connectivity index (χ1v) is 7.61. The highest BCUT2D eigenvalue weighted by atomic mass is 79.9.